The van der Waals surface area contributed by atoms with Crippen molar-refractivity contribution in [2.75, 3.05) is 19.6 Å². The molecule has 1 saturated heterocycles. The molecule has 2 rings (SSSR count). The Hall–Kier alpha value is -1.20. The normalized spacial score (nSPS) is 17.3. The molecule has 4 nitrogen and oxygen atoms in total. The standard InChI is InChI=1S/C10H11NO3S/c12-8(9-2-1-3-15-9)6-11-4-7(5-11)10(13)14/h1-3,7H,4-6H2,(H,13,14). The van der Waals surface area contributed by atoms with Crippen LogP contribution in [0.5, 0.6) is 0 Å². The fourth-order valence-electron chi connectivity index (χ4n) is 1.57. The Bertz CT molecular complexity index is 368. The van der Waals surface area contributed by atoms with Crippen LogP contribution in [0.1, 0.15) is 9.67 Å². The highest BCUT2D eigenvalue weighted by Crippen LogP contribution is 2.17. The zero-order chi connectivity index (χ0) is 10.8. The van der Waals surface area contributed by atoms with E-state index < -0.39 is 5.97 Å². The van der Waals surface area contributed by atoms with E-state index in [0.29, 0.717) is 19.6 Å². The fraction of sp³-hybridized carbons (Fsp3) is 0.400. The first-order valence-corrected chi connectivity index (χ1v) is 5.56. The first-order valence-electron chi connectivity index (χ1n) is 4.68. The van der Waals surface area contributed by atoms with E-state index in [1.807, 2.05) is 16.3 Å². The van der Waals surface area contributed by atoms with Crippen LogP contribution in [0.25, 0.3) is 0 Å². The molecule has 15 heavy (non-hydrogen) atoms. The topological polar surface area (TPSA) is 57.6 Å². The van der Waals surface area contributed by atoms with E-state index >= 15 is 0 Å². The maximum atomic E-state index is 11.6. The lowest BCUT2D eigenvalue weighted by molar-refractivity contribution is -0.147. The number of carbonyl (C=O) groups is 2. The molecule has 80 valence electrons. The average molecular weight is 225 g/mol. The minimum absolute atomic E-state index is 0.0776. The third kappa shape index (κ3) is 2.24. The quantitative estimate of drug-likeness (QED) is 0.775. The molecule has 0 unspecified atom stereocenters. The fourth-order valence-corrected chi connectivity index (χ4v) is 2.23. The molecular formula is C10H11NO3S. The van der Waals surface area contributed by atoms with E-state index in [2.05, 4.69) is 0 Å². The van der Waals surface area contributed by atoms with Gasteiger partial charge in [-0.1, -0.05) is 6.07 Å². The lowest BCUT2D eigenvalue weighted by Gasteiger charge is -2.35. The van der Waals surface area contributed by atoms with E-state index in [1.54, 1.807) is 6.07 Å². The highest BCUT2D eigenvalue weighted by atomic mass is 32.1. The summed E-state index contributed by atoms with van der Waals surface area (Å²) in [6.07, 6.45) is 0. The molecule has 0 saturated carbocycles. The second-order valence-corrected chi connectivity index (χ2v) is 4.58. The molecule has 0 aromatic carbocycles. The number of rotatable bonds is 4. The van der Waals surface area contributed by atoms with Gasteiger partial charge in [0.15, 0.2) is 5.78 Å². The second kappa shape index (κ2) is 4.12. The Balaban J connectivity index is 1.81. The number of hydrogen-bond donors (Lipinski definition) is 1. The minimum Gasteiger partial charge on any atom is -0.481 e. The molecule has 0 bridgehead atoms. The summed E-state index contributed by atoms with van der Waals surface area (Å²) in [5.74, 6) is -0.982. The van der Waals surface area contributed by atoms with Crippen molar-refractivity contribution in [3.8, 4) is 0 Å². The molecule has 0 atom stereocenters. The third-order valence-corrected chi connectivity index (χ3v) is 3.38. The monoisotopic (exact) mass is 225 g/mol. The third-order valence-electron chi connectivity index (χ3n) is 2.47. The maximum Gasteiger partial charge on any atom is 0.309 e. The Kier molecular flexibility index (Phi) is 2.83. The molecule has 1 fully saturated rings. The number of aliphatic carboxylic acids is 1. The SMILES string of the molecule is O=C(CN1CC(C(=O)O)C1)c1cccs1. The number of carboxylic acid groups (broad SMARTS) is 1. The molecule has 1 N–H and O–H groups in total. The summed E-state index contributed by atoms with van der Waals surface area (Å²) >= 11 is 1.42. The summed E-state index contributed by atoms with van der Waals surface area (Å²) in [5, 5.41) is 10.5. The molecule has 1 aromatic heterocycles. The summed E-state index contributed by atoms with van der Waals surface area (Å²) in [5.41, 5.74) is 0. The van der Waals surface area contributed by atoms with Gasteiger partial charge in [0.05, 0.1) is 17.3 Å². The molecule has 0 aliphatic carbocycles. The molecule has 0 radical (unpaired) electrons. The van der Waals surface area contributed by atoms with E-state index in [0.717, 1.165) is 4.88 Å². The second-order valence-electron chi connectivity index (χ2n) is 3.63. The van der Waals surface area contributed by atoms with Gasteiger partial charge in [0.1, 0.15) is 0 Å². The molecule has 1 aliphatic rings. The summed E-state index contributed by atoms with van der Waals surface area (Å²) in [6, 6.07) is 3.63. The summed E-state index contributed by atoms with van der Waals surface area (Å²) in [7, 11) is 0. The number of likely N-dealkylation sites (tertiary alicyclic amines) is 1. The van der Waals surface area contributed by atoms with E-state index in [9.17, 15) is 9.59 Å². The van der Waals surface area contributed by atoms with Crippen molar-refractivity contribution in [2.24, 2.45) is 5.92 Å². The number of carbonyl (C=O) groups excluding carboxylic acids is 1. The van der Waals surface area contributed by atoms with Gasteiger partial charge in [-0.25, -0.2) is 0 Å². The van der Waals surface area contributed by atoms with Crippen LogP contribution in [0, 0.1) is 5.92 Å². The van der Waals surface area contributed by atoms with Gasteiger partial charge in [-0.05, 0) is 11.4 Å². The minimum atomic E-state index is -0.769. The Morgan fingerprint density at radius 2 is 2.27 bits per heavy atom. The number of hydrogen-bond acceptors (Lipinski definition) is 4. The number of carboxylic acids is 1. The summed E-state index contributed by atoms with van der Waals surface area (Å²) in [6.45, 7) is 1.32. The van der Waals surface area contributed by atoms with Crippen molar-refractivity contribution in [2.45, 2.75) is 0 Å². The Morgan fingerprint density at radius 1 is 1.53 bits per heavy atom. The zero-order valence-corrected chi connectivity index (χ0v) is 8.87. The number of thiophene rings is 1. The zero-order valence-electron chi connectivity index (χ0n) is 8.05. The van der Waals surface area contributed by atoms with Crippen LogP contribution in [0.4, 0.5) is 0 Å². The van der Waals surface area contributed by atoms with Crippen LogP contribution in [0.3, 0.4) is 0 Å². The first-order chi connectivity index (χ1) is 7.16. The van der Waals surface area contributed by atoms with Gasteiger partial charge < -0.3 is 5.11 Å². The van der Waals surface area contributed by atoms with E-state index in [4.69, 9.17) is 5.11 Å². The molecule has 0 amide bonds. The van der Waals surface area contributed by atoms with Gasteiger partial charge in [0.25, 0.3) is 0 Å². The highest BCUT2D eigenvalue weighted by molar-refractivity contribution is 7.12. The Labute approximate surface area is 91.1 Å². The van der Waals surface area contributed by atoms with Crippen molar-refractivity contribution < 1.29 is 14.7 Å². The average Bonchev–Trinajstić information content (AvgIpc) is 2.61. The highest BCUT2D eigenvalue weighted by Gasteiger charge is 2.33. The van der Waals surface area contributed by atoms with Crippen molar-refractivity contribution in [1.29, 1.82) is 0 Å². The van der Waals surface area contributed by atoms with Gasteiger partial charge >= 0.3 is 5.97 Å². The molecule has 2 heterocycles. The van der Waals surface area contributed by atoms with Crippen LogP contribution < -0.4 is 0 Å². The number of ketones is 1. The van der Waals surface area contributed by atoms with Crippen molar-refractivity contribution in [1.82, 2.24) is 4.90 Å². The van der Waals surface area contributed by atoms with Gasteiger partial charge in [0.2, 0.25) is 0 Å². The number of nitrogens with zero attached hydrogens (tertiary/aromatic N) is 1. The molecule has 0 spiro atoms. The molecule has 5 heteroatoms. The van der Waals surface area contributed by atoms with Crippen LogP contribution in [0.15, 0.2) is 17.5 Å². The lowest BCUT2D eigenvalue weighted by atomic mass is 10.0. The molecule has 1 aliphatic heterocycles. The van der Waals surface area contributed by atoms with E-state index in [-0.39, 0.29) is 11.7 Å². The van der Waals surface area contributed by atoms with Crippen molar-refractivity contribution >= 4 is 23.1 Å². The van der Waals surface area contributed by atoms with E-state index in [1.165, 1.54) is 11.3 Å². The van der Waals surface area contributed by atoms with Crippen LogP contribution in [0.2, 0.25) is 0 Å². The largest absolute Gasteiger partial charge is 0.481 e. The smallest absolute Gasteiger partial charge is 0.309 e. The predicted octanol–water partition coefficient (Wildman–Crippen LogP) is 0.947. The van der Waals surface area contributed by atoms with Crippen LogP contribution in [-0.2, 0) is 4.79 Å². The van der Waals surface area contributed by atoms with Gasteiger partial charge in [0, 0.05) is 13.1 Å². The van der Waals surface area contributed by atoms with Crippen molar-refractivity contribution in [3.05, 3.63) is 22.4 Å². The van der Waals surface area contributed by atoms with Gasteiger partial charge in [-0.15, -0.1) is 11.3 Å². The summed E-state index contributed by atoms with van der Waals surface area (Å²) in [4.78, 5) is 24.7. The first kappa shape index (κ1) is 10.3. The van der Waals surface area contributed by atoms with Gasteiger partial charge in [-0.2, -0.15) is 0 Å². The summed E-state index contributed by atoms with van der Waals surface area (Å²) < 4.78 is 0. The molecular weight excluding hydrogens is 214 g/mol. The lowest BCUT2D eigenvalue weighted by Crippen LogP contribution is -2.51. The predicted molar refractivity (Wildman–Crippen MR) is 56.2 cm³/mol. The Morgan fingerprint density at radius 3 is 2.80 bits per heavy atom. The van der Waals surface area contributed by atoms with Crippen LogP contribution in [-0.4, -0.2) is 41.4 Å². The van der Waals surface area contributed by atoms with Gasteiger partial charge in [-0.3, -0.25) is 14.5 Å². The molecule has 1 aromatic rings. The maximum absolute atomic E-state index is 11.6. The number of Topliss-reactive ketones (excluding diaryl/α,β-unsaturated/α-hetero) is 1. The van der Waals surface area contributed by atoms with Crippen LogP contribution >= 0.6 is 11.3 Å². The van der Waals surface area contributed by atoms with Crippen molar-refractivity contribution in [3.63, 3.8) is 0 Å².